The summed E-state index contributed by atoms with van der Waals surface area (Å²) in [6.45, 7) is 10.3. The first-order valence-corrected chi connectivity index (χ1v) is 5.05. The van der Waals surface area contributed by atoms with Gasteiger partial charge >= 0.3 is 5.97 Å². The Morgan fingerprint density at radius 3 is 1.87 bits per heavy atom. The molecule has 1 heterocycles. The highest BCUT2D eigenvalue weighted by atomic mass is 17.2. The van der Waals surface area contributed by atoms with Crippen LogP contribution in [0.25, 0.3) is 0 Å². The van der Waals surface area contributed by atoms with Gasteiger partial charge in [-0.25, -0.2) is 14.6 Å². The van der Waals surface area contributed by atoms with E-state index in [-0.39, 0.29) is 5.97 Å². The third kappa shape index (κ3) is 11.1. The summed E-state index contributed by atoms with van der Waals surface area (Å²) < 4.78 is 4.83. The van der Waals surface area contributed by atoms with Gasteiger partial charge in [-0.05, 0) is 33.6 Å². The molecule has 0 saturated carbocycles. The van der Waals surface area contributed by atoms with Crippen LogP contribution in [0.4, 0.5) is 0 Å². The summed E-state index contributed by atoms with van der Waals surface area (Å²) in [4.78, 5) is 19.6. The Hall–Kier alpha value is -0.870. The predicted octanol–water partition coefficient (Wildman–Crippen LogP) is 2.24. The van der Waals surface area contributed by atoms with E-state index in [4.69, 9.17) is 4.74 Å². The second kappa shape index (κ2) is 7.43. The molecule has 0 bridgehead atoms. The van der Waals surface area contributed by atoms with E-state index in [0.29, 0.717) is 0 Å². The zero-order valence-corrected chi connectivity index (χ0v) is 9.75. The maximum atomic E-state index is 10.5. The van der Waals surface area contributed by atoms with E-state index < -0.39 is 5.60 Å². The average molecular weight is 216 g/mol. The van der Waals surface area contributed by atoms with Crippen molar-refractivity contribution in [2.24, 2.45) is 0 Å². The molecule has 0 radical (unpaired) electrons. The molecule has 1 saturated heterocycles. The van der Waals surface area contributed by atoms with Crippen molar-refractivity contribution in [1.82, 2.24) is 0 Å². The summed E-state index contributed by atoms with van der Waals surface area (Å²) in [5.74, 6) is -0.373. The number of carbonyl (C=O) groups excluding carboxylic acids is 1. The summed E-state index contributed by atoms with van der Waals surface area (Å²) in [6, 6.07) is 0. The molecule has 4 nitrogen and oxygen atoms in total. The molecule has 1 aliphatic rings. The fraction of sp³-hybridized carbons (Fsp3) is 0.727. The van der Waals surface area contributed by atoms with Crippen LogP contribution in [0.5, 0.6) is 0 Å². The molecule has 1 rings (SSSR count). The molecule has 88 valence electrons. The summed E-state index contributed by atoms with van der Waals surface area (Å²) >= 11 is 0. The zero-order valence-electron chi connectivity index (χ0n) is 9.75. The van der Waals surface area contributed by atoms with Crippen molar-refractivity contribution in [1.29, 1.82) is 0 Å². The van der Waals surface area contributed by atoms with Crippen LogP contribution in [-0.2, 0) is 19.3 Å². The van der Waals surface area contributed by atoms with Crippen molar-refractivity contribution >= 4 is 5.97 Å². The normalized spacial score (nSPS) is 15.9. The summed E-state index contributed by atoms with van der Waals surface area (Å²) in [5, 5.41) is 0. The molecule has 0 aromatic rings. The molecular weight excluding hydrogens is 196 g/mol. The molecule has 0 unspecified atom stereocenters. The highest BCUT2D eigenvalue weighted by Gasteiger charge is 2.12. The summed E-state index contributed by atoms with van der Waals surface area (Å²) in [5.41, 5.74) is -0.398. The summed E-state index contributed by atoms with van der Waals surface area (Å²) in [7, 11) is 0. The van der Waals surface area contributed by atoms with E-state index in [1.165, 1.54) is 0 Å². The third-order valence-electron chi connectivity index (χ3n) is 1.36. The van der Waals surface area contributed by atoms with Crippen LogP contribution in [0.2, 0.25) is 0 Å². The standard InChI is InChI=1S/C7H12O2.C4H8O2/c1-5-6(8)9-7(2,3)4;1-2-4-6-5-3-1/h5H,1H2,2-4H3;1-4H2. The Morgan fingerprint density at radius 2 is 1.73 bits per heavy atom. The van der Waals surface area contributed by atoms with E-state index in [1.54, 1.807) is 0 Å². The fourth-order valence-corrected chi connectivity index (χ4v) is 0.783. The van der Waals surface area contributed by atoms with Crippen molar-refractivity contribution in [3.63, 3.8) is 0 Å². The van der Waals surface area contributed by atoms with Gasteiger partial charge in [0, 0.05) is 6.08 Å². The van der Waals surface area contributed by atoms with Crippen molar-refractivity contribution in [3.8, 4) is 0 Å². The van der Waals surface area contributed by atoms with E-state index in [2.05, 4.69) is 16.4 Å². The molecule has 0 atom stereocenters. The number of rotatable bonds is 1. The van der Waals surface area contributed by atoms with E-state index in [1.807, 2.05) is 20.8 Å². The van der Waals surface area contributed by atoms with Crippen molar-refractivity contribution < 1.29 is 19.3 Å². The second-order valence-electron chi connectivity index (χ2n) is 4.09. The number of esters is 1. The molecule has 0 aromatic carbocycles. The van der Waals surface area contributed by atoms with Gasteiger partial charge in [0.15, 0.2) is 0 Å². The minimum atomic E-state index is -0.398. The van der Waals surface area contributed by atoms with Gasteiger partial charge in [-0.1, -0.05) is 6.58 Å². The lowest BCUT2D eigenvalue weighted by Crippen LogP contribution is -2.22. The lowest BCUT2D eigenvalue weighted by atomic mass is 10.2. The Labute approximate surface area is 91.1 Å². The Bertz CT molecular complexity index is 178. The van der Waals surface area contributed by atoms with Crippen LogP contribution in [0.3, 0.4) is 0 Å². The molecule has 4 heteroatoms. The Morgan fingerprint density at radius 1 is 1.27 bits per heavy atom. The highest BCUT2D eigenvalue weighted by molar-refractivity contribution is 5.81. The fourth-order valence-electron chi connectivity index (χ4n) is 0.783. The number of hydrogen-bond acceptors (Lipinski definition) is 4. The molecule has 0 N–H and O–H groups in total. The van der Waals surface area contributed by atoms with Crippen molar-refractivity contribution in [3.05, 3.63) is 12.7 Å². The van der Waals surface area contributed by atoms with Crippen LogP contribution >= 0.6 is 0 Å². The number of carbonyl (C=O) groups is 1. The van der Waals surface area contributed by atoms with Crippen LogP contribution < -0.4 is 0 Å². The van der Waals surface area contributed by atoms with E-state index in [9.17, 15) is 4.79 Å². The molecule has 1 aliphatic heterocycles. The third-order valence-corrected chi connectivity index (χ3v) is 1.36. The molecular formula is C11H20O4. The monoisotopic (exact) mass is 216 g/mol. The minimum absolute atomic E-state index is 0.373. The molecule has 1 fully saturated rings. The lowest BCUT2D eigenvalue weighted by Gasteiger charge is -2.17. The highest BCUT2D eigenvalue weighted by Crippen LogP contribution is 2.06. The summed E-state index contributed by atoms with van der Waals surface area (Å²) in [6.07, 6.45) is 3.46. The van der Waals surface area contributed by atoms with Crippen LogP contribution in [0.15, 0.2) is 12.7 Å². The predicted molar refractivity (Wildman–Crippen MR) is 57.2 cm³/mol. The quantitative estimate of drug-likeness (QED) is 0.383. The van der Waals surface area contributed by atoms with Crippen LogP contribution in [0, 0.1) is 0 Å². The van der Waals surface area contributed by atoms with Crippen LogP contribution in [-0.4, -0.2) is 24.8 Å². The number of ether oxygens (including phenoxy) is 1. The maximum absolute atomic E-state index is 10.5. The van der Waals surface area contributed by atoms with E-state index >= 15 is 0 Å². The van der Waals surface area contributed by atoms with Gasteiger partial charge in [-0.15, -0.1) is 0 Å². The zero-order chi connectivity index (χ0) is 11.7. The Kier molecular flexibility index (Phi) is 6.99. The first kappa shape index (κ1) is 14.1. The lowest BCUT2D eigenvalue weighted by molar-refractivity contribution is -0.312. The molecule has 0 amide bonds. The Balaban J connectivity index is 0.000000280. The van der Waals surface area contributed by atoms with Gasteiger partial charge in [-0.2, -0.15) is 0 Å². The van der Waals surface area contributed by atoms with Gasteiger partial charge in [0.2, 0.25) is 0 Å². The van der Waals surface area contributed by atoms with Gasteiger partial charge in [0.05, 0.1) is 13.2 Å². The first-order valence-electron chi connectivity index (χ1n) is 5.05. The molecule has 0 spiro atoms. The van der Waals surface area contributed by atoms with E-state index in [0.717, 1.165) is 32.1 Å². The minimum Gasteiger partial charge on any atom is -0.457 e. The van der Waals surface area contributed by atoms with Gasteiger partial charge in [-0.3, -0.25) is 0 Å². The van der Waals surface area contributed by atoms with Crippen LogP contribution in [0.1, 0.15) is 33.6 Å². The topological polar surface area (TPSA) is 44.8 Å². The maximum Gasteiger partial charge on any atom is 0.330 e. The molecule has 15 heavy (non-hydrogen) atoms. The smallest absolute Gasteiger partial charge is 0.330 e. The molecule has 0 aromatic heterocycles. The van der Waals surface area contributed by atoms with Gasteiger partial charge in [0.1, 0.15) is 5.60 Å². The van der Waals surface area contributed by atoms with Crippen molar-refractivity contribution in [2.45, 2.75) is 39.2 Å². The average Bonchev–Trinajstić information content (AvgIpc) is 2.19. The SMILES string of the molecule is C1CCOOC1.C=CC(=O)OC(C)(C)C. The second-order valence-corrected chi connectivity index (χ2v) is 4.09. The molecule has 0 aliphatic carbocycles. The first-order chi connectivity index (χ1) is 6.95. The number of hydrogen-bond donors (Lipinski definition) is 0. The van der Waals surface area contributed by atoms with Crippen molar-refractivity contribution in [2.75, 3.05) is 13.2 Å². The van der Waals surface area contributed by atoms with Gasteiger partial charge in [0.25, 0.3) is 0 Å². The van der Waals surface area contributed by atoms with Gasteiger partial charge < -0.3 is 4.74 Å². The largest absolute Gasteiger partial charge is 0.457 e.